The molecule has 10 nitrogen and oxygen atoms in total. The van der Waals surface area contributed by atoms with Gasteiger partial charge in [-0.3, -0.25) is 0 Å². The van der Waals surface area contributed by atoms with Crippen molar-refractivity contribution < 1.29 is 13.9 Å². The van der Waals surface area contributed by atoms with E-state index in [4.69, 9.17) is 38.4 Å². The first-order valence-corrected chi connectivity index (χ1v) is 10.2. The van der Waals surface area contributed by atoms with Crippen LogP contribution in [0, 0.1) is 13.8 Å². The van der Waals surface area contributed by atoms with Crippen molar-refractivity contribution in [1.82, 2.24) is 34.3 Å². The molecule has 13 heteroatoms. The second-order valence-electron chi connectivity index (χ2n) is 6.94. The van der Waals surface area contributed by atoms with Crippen LogP contribution in [0.4, 0.5) is 10.1 Å². The van der Waals surface area contributed by atoms with Gasteiger partial charge in [-0.25, -0.2) is 19.0 Å². The molecule has 2 N–H and O–H groups in total. The molecule has 0 unspecified atom stereocenters. The topological polar surface area (TPSA) is 119 Å². The van der Waals surface area contributed by atoms with Crippen LogP contribution in [0.3, 0.4) is 0 Å². The average Bonchev–Trinajstić information content (AvgIpc) is 3.22. The van der Waals surface area contributed by atoms with E-state index >= 15 is 0 Å². The Balaban J connectivity index is 1.51. The lowest BCUT2D eigenvalue weighted by molar-refractivity contribution is 0.175. The summed E-state index contributed by atoms with van der Waals surface area (Å²) in [5.74, 6) is 0.966. The second-order valence-corrected chi connectivity index (χ2v) is 7.69. The van der Waals surface area contributed by atoms with E-state index in [1.54, 1.807) is 30.8 Å². The van der Waals surface area contributed by atoms with E-state index in [0.29, 0.717) is 39.1 Å². The highest BCUT2D eigenvalue weighted by atomic mass is 35.5. The molecule has 4 heterocycles. The highest BCUT2D eigenvalue weighted by molar-refractivity contribution is 6.35. The van der Waals surface area contributed by atoms with Crippen molar-refractivity contribution in [3.05, 3.63) is 40.4 Å². The summed E-state index contributed by atoms with van der Waals surface area (Å²) in [6.45, 7) is 3.14. The summed E-state index contributed by atoms with van der Waals surface area (Å²) in [4.78, 5) is 16.4. The fourth-order valence-electron chi connectivity index (χ4n) is 3.15. The van der Waals surface area contributed by atoms with E-state index < -0.39 is 6.17 Å². The van der Waals surface area contributed by atoms with Crippen LogP contribution in [0.2, 0.25) is 10.3 Å². The predicted molar refractivity (Wildman–Crippen MR) is 118 cm³/mol. The minimum Gasteiger partial charge on any atom is -0.479 e. The van der Waals surface area contributed by atoms with Crippen LogP contribution in [0.1, 0.15) is 11.5 Å². The van der Waals surface area contributed by atoms with Gasteiger partial charge in [-0.1, -0.05) is 11.6 Å². The van der Waals surface area contributed by atoms with Crippen LogP contribution in [0.5, 0.6) is 11.8 Å². The number of nitrogens with two attached hydrogens (primary N) is 1. The van der Waals surface area contributed by atoms with Crippen LogP contribution < -0.4 is 15.2 Å². The van der Waals surface area contributed by atoms with Crippen molar-refractivity contribution in [3.8, 4) is 17.4 Å². The minimum absolute atomic E-state index is 0.0458. The van der Waals surface area contributed by atoms with Crippen molar-refractivity contribution in [3.63, 3.8) is 0 Å². The Kier molecular flexibility index (Phi) is 6.02. The third kappa shape index (κ3) is 4.13. The molecule has 0 saturated heterocycles. The number of nitrogens with zero attached hydrogens (tertiary/aromatic N) is 7. The number of nitrogen functional groups attached to an aromatic ring is 1. The largest absolute Gasteiger partial charge is 0.479 e. The number of rotatable bonds is 7. The van der Waals surface area contributed by atoms with Crippen LogP contribution in [-0.4, -0.2) is 54.2 Å². The summed E-state index contributed by atoms with van der Waals surface area (Å²) in [5, 5.41) is 5.37. The van der Waals surface area contributed by atoms with Gasteiger partial charge in [-0.15, -0.1) is 5.10 Å². The summed E-state index contributed by atoms with van der Waals surface area (Å²) in [7, 11) is 1.49. The molecule has 0 bridgehead atoms. The number of fused-ring (bicyclic) bond motifs is 1. The van der Waals surface area contributed by atoms with Gasteiger partial charge in [0.15, 0.2) is 6.17 Å². The van der Waals surface area contributed by atoms with Gasteiger partial charge < -0.3 is 19.8 Å². The lowest BCUT2D eigenvalue weighted by Crippen LogP contribution is -2.20. The number of halogens is 3. The molecule has 4 aromatic rings. The number of aromatic nitrogens is 7. The molecule has 0 aliphatic heterocycles. The first kappa shape index (κ1) is 22.0. The van der Waals surface area contributed by atoms with Gasteiger partial charge >= 0.3 is 0 Å². The molecule has 168 valence electrons. The number of hydrogen-bond acceptors (Lipinski definition) is 8. The SMILES string of the molecule is COc1nc(C)ncc1-n1nc(OC[C@@H](F)Cn2cc(Cl)c3cnc(Cl)nc32)c(N)c1C. The van der Waals surface area contributed by atoms with Crippen molar-refractivity contribution in [2.45, 2.75) is 26.6 Å². The molecule has 1 atom stereocenters. The van der Waals surface area contributed by atoms with Crippen molar-refractivity contribution in [1.29, 1.82) is 0 Å². The molecule has 0 radical (unpaired) electrons. The molecule has 0 aliphatic rings. The first-order chi connectivity index (χ1) is 15.3. The Morgan fingerprint density at radius 1 is 1.16 bits per heavy atom. The average molecular weight is 481 g/mol. The monoisotopic (exact) mass is 480 g/mol. The fourth-order valence-corrected chi connectivity index (χ4v) is 3.53. The molecule has 0 saturated carbocycles. The summed E-state index contributed by atoms with van der Waals surface area (Å²) in [6.07, 6.45) is 3.22. The van der Waals surface area contributed by atoms with Crippen molar-refractivity contribution >= 4 is 39.9 Å². The van der Waals surface area contributed by atoms with E-state index in [1.165, 1.54) is 18.0 Å². The van der Waals surface area contributed by atoms with Crippen molar-refractivity contribution in [2.24, 2.45) is 0 Å². The van der Waals surface area contributed by atoms with Gasteiger partial charge in [0.2, 0.25) is 11.2 Å². The molecule has 0 fully saturated rings. The zero-order chi connectivity index (χ0) is 23.0. The third-order valence-electron chi connectivity index (χ3n) is 4.74. The van der Waals surface area contributed by atoms with Gasteiger partial charge in [0.05, 0.1) is 36.0 Å². The molecular formula is C19H19Cl2FN8O2. The first-order valence-electron chi connectivity index (χ1n) is 9.45. The number of alkyl halides is 1. The van der Waals surface area contributed by atoms with Crippen LogP contribution >= 0.6 is 23.2 Å². The Hall–Kier alpha value is -3.18. The van der Waals surface area contributed by atoms with Crippen LogP contribution in [0.15, 0.2) is 18.6 Å². The zero-order valence-electron chi connectivity index (χ0n) is 17.4. The van der Waals surface area contributed by atoms with E-state index in [2.05, 4.69) is 25.0 Å². The maximum atomic E-state index is 14.8. The van der Waals surface area contributed by atoms with Crippen molar-refractivity contribution in [2.75, 3.05) is 19.5 Å². The zero-order valence-corrected chi connectivity index (χ0v) is 18.9. The van der Waals surface area contributed by atoms with E-state index in [1.807, 2.05) is 0 Å². The summed E-state index contributed by atoms with van der Waals surface area (Å²) >= 11 is 12.0. The van der Waals surface area contributed by atoms with Crippen LogP contribution in [0.25, 0.3) is 16.7 Å². The quantitative estimate of drug-likeness (QED) is 0.400. The predicted octanol–water partition coefficient (Wildman–Crippen LogP) is 3.34. The number of methoxy groups -OCH3 is 1. The Morgan fingerprint density at radius 3 is 2.69 bits per heavy atom. The molecule has 0 aliphatic carbocycles. The maximum Gasteiger partial charge on any atom is 0.257 e. The summed E-state index contributed by atoms with van der Waals surface area (Å²) < 4.78 is 28.7. The third-order valence-corrected chi connectivity index (χ3v) is 5.22. The van der Waals surface area contributed by atoms with Gasteiger partial charge in [0, 0.05) is 12.4 Å². The minimum atomic E-state index is -1.41. The fraction of sp³-hybridized carbons (Fsp3) is 0.316. The molecule has 0 amide bonds. The Bertz CT molecular complexity index is 1290. The number of aryl methyl sites for hydroxylation is 1. The lowest BCUT2D eigenvalue weighted by Gasteiger charge is -2.11. The van der Waals surface area contributed by atoms with E-state index in [9.17, 15) is 4.39 Å². The highest BCUT2D eigenvalue weighted by Crippen LogP contribution is 2.30. The van der Waals surface area contributed by atoms with Gasteiger partial charge in [0.25, 0.3) is 5.88 Å². The molecule has 4 rings (SSSR count). The van der Waals surface area contributed by atoms with Gasteiger partial charge in [-0.2, -0.15) is 9.97 Å². The molecule has 0 spiro atoms. The van der Waals surface area contributed by atoms with Crippen LogP contribution in [-0.2, 0) is 6.54 Å². The molecule has 0 aromatic carbocycles. The molecule has 32 heavy (non-hydrogen) atoms. The molecule has 4 aromatic heterocycles. The highest BCUT2D eigenvalue weighted by Gasteiger charge is 2.20. The standard InChI is InChI=1S/C19H19Cl2FN8O2/c1-9-15(23)18(28-30(9)14-5-24-10(2)26-17(14)31-3)32-8-11(22)6-29-7-13(20)12-4-25-19(21)27-16(12)29/h4-5,7,11H,6,8,23H2,1-3H3/t11-/m0/s1. The van der Waals surface area contributed by atoms with E-state index in [0.717, 1.165) is 0 Å². The smallest absolute Gasteiger partial charge is 0.257 e. The number of hydrogen-bond donors (Lipinski definition) is 1. The van der Waals surface area contributed by atoms with E-state index in [-0.39, 0.29) is 30.0 Å². The summed E-state index contributed by atoms with van der Waals surface area (Å²) in [6, 6.07) is 0. The molecular weight excluding hydrogens is 462 g/mol. The number of anilines is 1. The summed E-state index contributed by atoms with van der Waals surface area (Å²) in [5.41, 5.74) is 7.90. The van der Waals surface area contributed by atoms with Gasteiger partial charge in [-0.05, 0) is 25.4 Å². The second kappa shape index (κ2) is 8.75. The van der Waals surface area contributed by atoms with Gasteiger partial charge in [0.1, 0.15) is 29.5 Å². The Morgan fingerprint density at radius 2 is 1.94 bits per heavy atom. The maximum absolute atomic E-state index is 14.8. The normalized spacial score (nSPS) is 12.3. The lowest BCUT2D eigenvalue weighted by atomic mass is 10.3. The Labute approximate surface area is 192 Å². The number of ether oxygens (including phenoxy) is 2.